The van der Waals surface area contributed by atoms with Crippen molar-refractivity contribution in [1.82, 2.24) is 0 Å². The molecule has 0 fully saturated rings. The minimum absolute atomic E-state index is 0.00744. The molecule has 1 atom stereocenters. The summed E-state index contributed by atoms with van der Waals surface area (Å²) < 4.78 is 4.35. The van der Waals surface area contributed by atoms with Gasteiger partial charge in [0.05, 0.1) is 17.1 Å². The zero-order valence-electron chi connectivity index (χ0n) is 9.83. The topological polar surface area (TPSA) is 107 Å². The number of nitro groups is 1. The van der Waals surface area contributed by atoms with Crippen molar-refractivity contribution in [1.29, 1.82) is 0 Å². The first-order valence-electron chi connectivity index (χ1n) is 5.11. The Kier molecular flexibility index (Phi) is 4.82. The normalized spacial score (nSPS) is 11.7. The van der Waals surface area contributed by atoms with Gasteiger partial charge >= 0.3 is 11.9 Å². The van der Waals surface area contributed by atoms with Crippen LogP contribution in [-0.2, 0) is 20.7 Å². The highest BCUT2D eigenvalue weighted by Crippen LogP contribution is 2.29. The van der Waals surface area contributed by atoms with Gasteiger partial charge < -0.3 is 9.84 Å². The largest absolute Gasteiger partial charge is 0.481 e. The lowest BCUT2D eigenvalue weighted by Crippen LogP contribution is -2.27. The molecule has 0 radical (unpaired) electrons. The zero-order valence-corrected chi connectivity index (χ0v) is 10.6. The van der Waals surface area contributed by atoms with Gasteiger partial charge in [0.15, 0.2) is 5.92 Å². The summed E-state index contributed by atoms with van der Waals surface area (Å²) in [5.41, 5.74) is -0.338. The molecule has 0 bridgehead atoms. The maximum absolute atomic E-state index is 11.3. The van der Waals surface area contributed by atoms with Crippen LogP contribution in [0.3, 0.4) is 0 Å². The lowest BCUT2D eigenvalue weighted by Gasteiger charge is -2.11. The molecule has 1 aromatic carbocycles. The average Bonchev–Trinajstić information content (AvgIpc) is 2.35. The fourth-order valence-corrected chi connectivity index (χ4v) is 1.78. The number of hydrogen-bond donors (Lipinski definition) is 1. The van der Waals surface area contributed by atoms with Crippen LogP contribution in [0.25, 0.3) is 0 Å². The van der Waals surface area contributed by atoms with Crippen molar-refractivity contribution in [3.63, 3.8) is 0 Å². The summed E-state index contributed by atoms with van der Waals surface area (Å²) >= 11 is 5.82. The van der Waals surface area contributed by atoms with Crippen LogP contribution in [0.1, 0.15) is 5.56 Å². The standard InChI is InChI=1S/C11H10ClNO6/c1-19-11(16)7(10(14)15)5-6-8(12)3-2-4-9(6)13(17)18/h2-4,7H,5H2,1H3,(H,14,15). The Morgan fingerprint density at radius 3 is 2.63 bits per heavy atom. The lowest BCUT2D eigenvalue weighted by molar-refractivity contribution is -0.385. The monoisotopic (exact) mass is 287 g/mol. The minimum atomic E-state index is -1.54. The highest BCUT2D eigenvalue weighted by atomic mass is 35.5. The molecule has 1 unspecified atom stereocenters. The number of carboxylic acid groups (broad SMARTS) is 1. The van der Waals surface area contributed by atoms with Gasteiger partial charge in [-0.15, -0.1) is 0 Å². The Morgan fingerprint density at radius 1 is 1.53 bits per heavy atom. The molecule has 7 nitrogen and oxygen atoms in total. The van der Waals surface area contributed by atoms with E-state index in [2.05, 4.69) is 4.74 Å². The SMILES string of the molecule is COC(=O)C(Cc1c(Cl)cccc1[N+](=O)[O-])C(=O)O. The van der Waals surface area contributed by atoms with Crippen LogP contribution in [0.15, 0.2) is 18.2 Å². The third-order valence-corrected chi connectivity index (χ3v) is 2.84. The summed E-state index contributed by atoms with van der Waals surface area (Å²) in [7, 11) is 1.04. The molecular weight excluding hydrogens is 278 g/mol. The second-order valence-electron chi connectivity index (χ2n) is 3.61. The predicted octanol–water partition coefficient (Wildman–Crippen LogP) is 1.66. The van der Waals surface area contributed by atoms with Crippen molar-refractivity contribution in [3.05, 3.63) is 38.9 Å². The number of carbonyl (C=O) groups is 2. The molecule has 0 aliphatic carbocycles. The Labute approximate surface area is 112 Å². The van der Waals surface area contributed by atoms with E-state index in [4.69, 9.17) is 16.7 Å². The van der Waals surface area contributed by atoms with E-state index >= 15 is 0 Å². The fourth-order valence-electron chi connectivity index (χ4n) is 1.54. The van der Waals surface area contributed by atoms with Crippen molar-refractivity contribution in [3.8, 4) is 0 Å². The quantitative estimate of drug-likeness (QED) is 0.382. The highest BCUT2D eigenvalue weighted by Gasteiger charge is 2.31. The van der Waals surface area contributed by atoms with Gasteiger partial charge in [-0.05, 0) is 6.07 Å². The minimum Gasteiger partial charge on any atom is -0.481 e. The van der Waals surface area contributed by atoms with E-state index in [0.29, 0.717) is 0 Å². The summed E-state index contributed by atoms with van der Waals surface area (Å²) in [6.45, 7) is 0. The Morgan fingerprint density at radius 2 is 2.16 bits per heavy atom. The van der Waals surface area contributed by atoms with Gasteiger partial charge in [0.1, 0.15) is 0 Å². The number of nitrogens with zero attached hydrogens (tertiary/aromatic N) is 1. The van der Waals surface area contributed by atoms with Crippen LogP contribution in [-0.4, -0.2) is 29.1 Å². The Bertz CT molecular complexity index is 530. The van der Waals surface area contributed by atoms with Crippen LogP contribution in [0, 0.1) is 16.0 Å². The fraction of sp³-hybridized carbons (Fsp3) is 0.273. The molecule has 0 aliphatic heterocycles. The molecule has 19 heavy (non-hydrogen) atoms. The molecule has 0 aliphatic rings. The number of ether oxygens (including phenoxy) is 1. The van der Waals surface area contributed by atoms with E-state index in [9.17, 15) is 19.7 Å². The molecule has 8 heteroatoms. The maximum Gasteiger partial charge on any atom is 0.320 e. The van der Waals surface area contributed by atoms with Crippen LogP contribution >= 0.6 is 11.6 Å². The van der Waals surface area contributed by atoms with Crippen LogP contribution in [0.4, 0.5) is 5.69 Å². The molecule has 0 spiro atoms. The van der Waals surface area contributed by atoms with E-state index in [0.717, 1.165) is 7.11 Å². The number of nitro benzene ring substituents is 1. The molecule has 0 heterocycles. The van der Waals surface area contributed by atoms with Crippen molar-refractivity contribution in [2.45, 2.75) is 6.42 Å². The van der Waals surface area contributed by atoms with Gasteiger partial charge in [-0.25, -0.2) is 0 Å². The van der Waals surface area contributed by atoms with Gasteiger partial charge in [-0.1, -0.05) is 17.7 Å². The molecule has 0 amide bonds. The lowest BCUT2D eigenvalue weighted by atomic mass is 9.98. The Hall–Kier alpha value is -2.15. The van der Waals surface area contributed by atoms with Crippen LogP contribution < -0.4 is 0 Å². The van der Waals surface area contributed by atoms with Gasteiger partial charge in [0.25, 0.3) is 5.69 Å². The number of aliphatic carboxylic acids is 1. The summed E-state index contributed by atoms with van der Waals surface area (Å²) in [6.07, 6.45) is -0.405. The number of hydrogen-bond acceptors (Lipinski definition) is 5. The first-order valence-corrected chi connectivity index (χ1v) is 5.48. The van der Waals surface area contributed by atoms with Crippen LogP contribution in [0.2, 0.25) is 5.02 Å². The predicted molar refractivity (Wildman–Crippen MR) is 65.0 cm³/mol. The van der Waals surface area contributed by atoms with E-state index in [1.165, 1.54) is 18.2 Å². The second-order valence-corrected chi connectivity index (χ2v) is 4.02. The van der Waals surface area contributed by atoms with E-state index in [-0.39, 0.29) is 16.3 Å². The van der Waals surface area contributed by atoms with Gasteiger partial charge in [-0.2, -0.15) is 0 Å². The number of esters is 1. The van der Waals surface area contributed by atoms with Gasteiger partial charge in [-0.3, -0.25) is 19.7 Å². The van der Waals surface area contributed by atoms with Crippen molar-refractivity contribution in [2.75, 3.05) is 7.11 Å². The van der Waals surface area contributed by atoms with Crippen molar-refractivity contribution < 1.29 is 24.4 Å². The third kappa shape index (κ3) is 3.41. The summed E-state index contributed by atoms with van der Waals surface area (Å²) in [5, 5.41) is 19.8. The van der Waals surface area contributed by atoms with Crippen molar-refractivity contribution >= 4 is 29.2 Å². The first-order chi connectivity index (χ1) is 8.88. The number of halogens is 1. The van der Waals surface area contributed by atoms with E-state index in [1.54, 1.807) is 0 Å². The van der Waals surface area contributed by atoms with Crippen molar-refractivity contribution in [2.24, 2.45) is 5.92 Å². The Balaban J connectivity index is 3.19. The summed E-state index contributed by atoms with van der Waals surface area (Å²) in [5.74, 6) is -3.95. The number of methoxy groups -OCH3 is 1. The number of rotatable bonds is 5. The van der Waals surface area contributed by atoms with Crippen LogP contribution in [0.5, 0.6) is 0 Å². The molecule has 1 aromatic rings. The summed E-state index contributed by atoms with van der Waals surface area (Å²) in [4.78, 5) is 32.5. The van der Waals surface area contributed by atoms with E-state index in [1.807, 2.05) is 0 Å². The third-order valence-electron chi connectivity index (χ3n) is 2.48. The number of carbonyl (C=O) groups excluding carboxylic acids is 1. The summed E-state index contributed by atoms with van der Waals surface area (Å²) in [6, 6.07) is 3.95. The molecule has 0 saturated carbocycles. The highest BCUT2D eigenvalue weighted by molar-refractivity contribution is 6.31. The van der Waals surface area contributed by atoms with Gasteiger partial charge in [0, 0.05) is 18.1 Å². The molecule has 0 aromatic heterocycles. The average molecular weight is 288 g/mol. The molecule has 0 saturated heterocycles. The second kappa shape index (κ2) is 6.14. The molecule has 1 N–H and O–H groups in total. The maximum atomic E-state index is 11.3. The molecule has 1 rings (SSSR count). The number of benzene rings is 1. The first kappa shape index (κ1) is 14.9. The van der Waals surface area contributed by atoms with Gasteiger partial charge in [0.2, 0.25) is 0 Å². The number of carboxylic acids is 1. The zero-order chi connectivity index (χ0) is 14.6. The molecule has 102 valence electrons. The smallest absolute Gasteiger partial charge is 0.320 e. The van der Waals surface area contributed by atoms with E-state index < -0.39 is 29.2 Å². The molecular formula is C11H10ClNO6.